The van der Waals surface area contributed by atoms with E-state index in [2.05, 4.69) is 10.1 Å². The first kappa shape index (κ1) is 21.5. The van der Waals surface area contributed by atoms with E-state index in [0.29, 0.717) is 43.4 Å². The summed E-state index contributed by atoms with van der Waals surface area (Å²) in [6.45, 7) is 2.02. The number of hydrogen-bond donors (Lipinski definition) is 0. The average Bonchev–Trinajstić information content (AvgIpc) is 3.40. The monoisotopic (exact) mass is 452 g/mol. The molecule has 7 heteroatoms. The molecule has 0 atom stereocenters. The van der Waals surface area contributed by atoms with Crippen LogP contribution in [0.2, 0.25) is 0 Å². The maximum atomic E-state index is 13.6. The summed E-state index contributed by atoms with van der Waals surface area (Å²) in [5.74, 6) is 1.25. The van der Waals surface area contributed by atoms with Crippen molar-refractivity contribution >= 4 is 17.7 Å². The zero-order valence-electron chi connectivity index (χ0n) is 18.6. The van der Waals surface area contributed by atoms with Crippen LogP contribution in [-0.2, 0) is 6.54 Å². The van der Waals surface area contributed by atoms with Crippen LogP contribution in [0.1, 0.15) is 21.5 Å². The first-order chi connectivity index (χ1) is 16.8. The van der Waals surface area contributed by atoms with E-state index >= 15 is 0 Å². The molecule has 2 heterocycles. The number of carbonyl (C=O) groups excluding carboxylic acids is 1. The van der Waals surface area contributed by atoms with Crippen molar-refractivity contribution in [2.75, 3.05) is 24.7 Å². The molecule has 3 aromatic carbocycles. The van der Waals surface area contributed by atoms with Gasteiger partial charge >= 0.3 is 0 Å². The number of hydrogen-bond acceptors (Lipinski definition) is 5. The molecule has 0 saturated heterocycles. The summed E-state index contributed by atoms with van der Waals surface area (Å²) in [5, 5.41) is 4.13. The number of anilines is 1. The Balaban J connectivity index is 1.40. The second-order valence-electron chi connectivity index (χ2n) is 7.85. The number of benzene rings is 3. The van der Waals surface area contributed by atoms with Crippen molar-refractivity contribution < 1.29 is 14.3 Å². The molecular weight excluding hydrogens is 428 g/mol. The summed E-state index contributed by atoms with van der Waals surface area (Å²) < 4.78 is 13.1. The molecule has 1 amide bonds. The van der Waals surface area contributed by atoms with Crippen molar-refractivity contribution in [2.24, 2.45) is 0 Å². The highest BCUT2D eigenvalue weighted by molar-refractivity contribution is 6.06. The second kappa shape index (κ2) is 10.0. The minimum absolute atomic E-state index is 0.0957. The van der Waals surface area contributed by atoms with E-state index in [0.717, 1.165) is 16.8 Å². The SMILES string of the molecule is O=C(c1ccc(Cn2cncn2)cc1)N(C/C=C/c1ccccc1)c1ccc2c(c1)OCCO2. The van der Waals surface area contributed by atoms with Gasteiger partial charge in [-0.3, -0.25) is 4.79 Å². The molecule has 170 valence electrons. The molecule has 0 N–H and O–H groups in total. The summed E-state index contributed by atoms with van der Waals surface area (Å²) in [7, 11) is 0. The minimum Gasteiger partial charge on any atom is -0.486 e. The third-order valence-corrected chi connectivity index (χ3v) is 5.49. The highest BCUT2D eigenvalue weighted by atomic mass is 16.6. The Hall–Kier alpha value is -4.39. The van der Waals surface area contributed by atoms with Gasteiger partial charge < -0.3 is 14.4 Å². The van der Waals surface area contributed by atoms with Crippen molar-refractivity contribution in [2.45, 2.75) is 6.54 Å². The molecule has 7 nitrogen and oxygen atoms in total. The van der Waals surface area contributed by atoms with Gasteiger partial charge in [0.15, 0.2) is 11.5 Å². The fraction of sp³-hybridized carbons (Fsp3) is 0.148. The number of rotatable bonds is 7. The summed E-state index contributed by atoms with van der Waals surface area (Å²) >= 11 is 0. The smallest absolute Gasteiger partial charge is 0.258 e. The van der Waals surface area contributed by atoms with E-state index in [1.165, 1.54) is 6.33 Å². The van der Waals surface area contributed by atoms with Crippen molar-refractivity contribution in [1.29, 1.82) is 0 Å². The zero-order chi connectivity index (χ0) is 23.2. The molecule has 0 spiro atoms. The Morgan fingerprint density at radius 1 is 0.971 bits per heavy atom. The van der Waals surface area contributed by atoms with Gasteiger partial charge in [-0.1, -0.05) is 54.6 Å². The fourth-order valence-corrected chi connectivity index (χ4v) is 3.77. The largest absolute Gasteiger partial charge is 0.486 e. The maximum absolute atomic E-state index is 13.6. The van der Waals surface area contributed by atoms with E-state index in [9.17, 15) is 4.79 Å². The predicted octanol–water partition coefficient (Wildman–Crippen LogP) is 4.46. The third kappa shape index (κ3) is 4.99. The van der Waals surface area contributed by atoms with E-state index < -0.39 is 0 Å². The number of fused-ring (bicyclic) bond motifs is 1. The molecule has 0 aliphatic carbocycles. The van der Waals surface area contributed by atoms with Gasteiger partial charge in [0.25, 0.3) is 5.91 Å². The van der Waals surface area contributed by atoms with Crippen LogP contribution in [0.3, 0.4) is 0 Å². The lowest BCUT2D eigenvalue weighted by atomic mass is 10.1. The first-order valence-corrected chi connectivity index (χ1v) is 11.1. The van der Waals surface area contributed by atoms with Crippen LogP contribution in [-0.4, -0.2) is 40.4 Å². The number of aromatic nitrogens is 3. The number of amides is 1. The van der Waals surface area contributed by atoms with Gasteiger partial charge in [0, 0.05) is 23.9 Å². The molecule has 1 aromatic heterocycles. The van der Waals surface area contributed by atoms with Gasteiger partial charge in [0.1, 0.15) is 25.9 Å². The lowest BCUT2D eigenvalue weighted by Gasteiger charge is -2.25. The van der Waals surface area contributed by atoms with E-state index in [1.807, 2.05) is 84.9 Å². The highest BCUT2D eigenvalue weighted by Crippen LogP contribution is 2.34. The molecule has 34 heavy (non-hydrogen) atoms. The Labute approximate surface area is 197 Å². The lowest BCUT2D eigenvalue weighted by molar-refractivity contribution is 0.0989. The molecule has 0 bridgehead atoms. The summed E-state index contributed by atoms with van der Waals surface area (Å²) in [6, 6.07) is 23.2. The minimum atomic E-state index is -0.0957. The lowest BCUT2D eigenvalue weighted by Crippen LogP contribution is -2.31. The summed E-state index contributed by atoms with van der Waals surface area (Å²) in [4.78, 5) is 19.3. The van der Waals surface area contributed by atoms with Gasteiger partial charge in [-0.25, -0.2) is 9.67 Å². The van der Waals surface area contributed by atoms with Crippen molar-refractivity contribution in [3.8, 4) is 11.5 Å². The molecule has 0 fully saturated rings. The molecule has 0 radical (unpaired) electrons. The van der Waals surface area contributed by atoms with Crippen LogP contribution in [0, 0.1) is 0 Å². The molecule has 0 unspecified atom stereocenters. The summed E-state index contributed by atoms with van der Waals surface area (Å²) in [5.41, 5.74) is 3.47. The van der Waals surface area contributed by atoms with E-state index in [4.69, 9.17) is 9.47 Å². The third-order valence-electron chi connectivity index (χ3n) is 5.49. The van der Waals surface area contributed by atoms with Gasteiger partial charge in [0.2, 0.25) is 0 Å². The number of nitrogens with zero attached hydrogens (tertiary/aromatic N) is 4. The van der Waals surface area contributed by atoms with Crippen molar-refractivity contribution in [1.82, 2.24) is 14.8 Å². The Bertz CT molecular complexity index is 1270. The topological polar surface area (TPSA) is 69.5 Å². The van der Waals surface area contributed by atoms with Crippen LogP contribution in [0.15, 0.2) is 91.5 Å². The van der Waals surface area contributed by atoms with Crippen molar-refractivity contribution in [3.63, 3.8) is 0 Å². The van der Waals surface area contributed by atoms with Crippen LogP contribution >= 0.6 is 0 Å². The van der Waals surface area contributed by atoms with Crippen LogP contribution in [0.25, 0.3) is 6.08 Å². The Morgan fingerprint density at radius 2 is 1.76 bits per heavy atom. The number of carbonyl (C=O) groups is 1. The highest BCUT2D eigenvalue weighted by Gasteiger charge is 2.20. The maximum Gasteiger partial charge on any atom is 0.258 e. The second-order valence-corrected chi connectivity index (χ2v) is 7.85. The van der Waals surface area contributed by atoms with E-state index in [1.54, 1.807) is 15.9 Å². The van der Waals surface area contributed by atoms with Crippen LogP contribution in [0.5, 0.6) is 11.5 Å². The normalized spacial score (nSPS) is 12.6. The quantitative estimate of drug-likeness (QED) is 0.414. The zero-order valence-corrected chi connectivity index (χ0v) is 18.6. The molecule has 1 aliphatic rings. The van der Waals surface area contributed by atoms with Gasteiger partial charge in [-0.05, 0) is 35.4 Å². The fourth-order valence-electron chi connectivity index (χ4n) is 3.77. The van der Waals surface area contributed by atoms with Gasteiger partial charge in [-0.15, -0.1) is 0 Å². The molecule has 1 aliphatic heterocycles. The van der Waals surface area contributed by atoms with Crippen molar-refractivity contribution in [3.05, 3.63) is 108 Å². The Morgan fingerprint density at radius 3 is 2.53 bits per heavy atom. The molecule has 4 aromatic rings. The van der Waals surface area contributed by atoms with Gasteiger partial charge in [0.05, 0.1) is 6.54 Å². The number of ether oxygens (including phenoxy) is 2. The standard InChI is InChI=1S/C27H24N4O3/c32-27(23-10-8-22(9-11-23)18-30-20-28-19-29-30)31(14-4-7-21-5-2-1-3-6-21)24-12-13-25-26(17-24)34-16-15-33-25/h1-13,17,19-20H,14-16,18H2/b7-4+. The van der Waals surface area contributed by atoms with E-state index in [-0.39, 0.29) is 5.91 Å². The molecular formula is C27H24N4O3. The van der Waals surface area contributed by atoms with Gasteiger partial charge in [-0.2, -0.15) is 5.10 Å². The Kier molecular flexibility index (Phi) is 6.34. The molecule has 5 rings (SSSR count). The van der Waals surface area contributed by atoms with Crippen LogP contribution in [0.4, 0.5) is 5.69 Å². The summed E-state index contributed by atoms with van der Waals surface area (Å²) in [6.07, 6.45) is 7.18. The van der Waals surface area contributed by atoms with Crippen LogP contribution < -0.4 is 14.4 Å². The first-order valence-electron chi connectivity index (χ1n) is 11.1. The average molecular weight is 453 g/mol. The predicted molar refractivity (Wildman–Crippen MR) is 130 cm³/mol. The molecule has 0 saturated carbocycles.